The molecule has 6 nitrogen and oxygen atoms in total. The van der Waals surface area contributed by atoms with Gasteiger partial charge in [-0.1, -0.05) is 29.8 Å². The molecule has 1 amide bonds. The van der Waals surface area contributed by atoms with E-state index in [1.165, 1.54) is 10.9 Å². The van der Waals surface area contributed by atoms with Crippen LogP contribution >= 0.6 is 23.3 Å². The SMILES string of the molecule is CSc1cccc(NC(=O)Cn2cnc3c(-c4cccc(C)c4)nsc3c2=O)c1. The normalized spacial score (nSPS) is 11.0. The highest BCUT2D eigenvalue weighted by atomic mass is 32.2. The van der Waals surface area contributed by atoms with E-state index in [-0.39, 0.29) is 18.0 Å². The highest BCUT2D eigenvalue weighted by Crippen LogP contribution is 2.27. The van der Waals surface area contributed by atoms with Gasteiger partial charge in [-0.25, -0.2) is 4.98 Å². The van der Waals surface area contributed by atoms with Gasteiger partial charge in [0.1, 0.15) is 22.5 Å². The Morgan fingerprint density at radius 3 is 2.83 bits per heavy atom. The maximum absolute atomic E-state index is 12.8. The number of aromatic nitrogens is 3. The number of fused-ring (bicyclic) bond motifs is 1. The summed E-state index contributed by atoms with van der Waals surface area (Å²) < 4.78 is 6.20. The van der Waals surface area contributed by atoms with Gasteiger partial charge in [0.15, 0.2) is 0 Å². The molecule has 0 unspecified atom stereocenters. The van der Waals surface area contributed by atoms with E-state index in [0.717, 1.165) is 27.6 Å². The third kappa shape index (κ3) is 4.08. The van der Waals surface area contributed by atoms with E-state index in [1.807, 2.05) is 61.7 Å². The average Bonchev–Trinajstić information content (AvgIpc) is 3.15. The fourth-order valence-corrected chi connectivity index (χ4v) is 4.27. The van der Waals surface area contributed by atoms with Crippen LogP contribution in [0, 0.1) is 6.92 Å². The number of amides is 1. The minimum absolute atomic E-state index is 0.108. The molecule has 2 aromatic carbocycles. The number of hydrogen-bond acceptors (Lipinski definition) is 6. The Hall–Kier alpha value is -2.97. The third-order valence-corrected chi connectivity index (χ3v) is 5.96. The quantitative estimate of drug-likeness (QED) is 0.488. The lowest BCUT2D eigenvalue weighted by atomic mass is 10.1. The van der Waals surface area contributed by atoms with Crippen molar-refractivity contribution in [1.82, 2.24) is 13.9 Å². The van der Waals surface area contributed by atoms with Crippen LogP contribution in [0.3, 0.4) is 0 Å². The first-order chi connectivity index (χ1) is 14.0. The lowest BCUT2D eigenvalue weighted by Crippen LogP contribution is -2.27. The number of carbonyl (C=O) groups is 1. The van der Waals surface area contributed by atoms with Crippen LogP contribution < -0.4 is 10.9 Å². The Morgan fingerprint density at radius 2 is 2.03 bits per heavy atom. The molecule has 4 aromatic rings. The molecule has 0 radical (unpaired) electrons. The number of benzene rings is 2. The second kappa shape index (κ2) is 8.18. The van der Waals surface area contributed by atoms with Crippen LogP contribution in [0.4, 0.5) is 5.69 Å². The number of nitrogens with zero attached hydrogens (tertiary/aromatic N) is 3. The van der Waals surface area contributed by atoms with E-state index in [1.54, 1.807) is 11.8 Å². The van der Waals surface area contributed by atoms with Gasteiger partial charge in [0.05, 0.1) is 6.33 Å². The molecular formula is C21H18N4O2S2. The van der Waals surface area contributed by atoms with Gasteiger partial charge in [-0.3, -0.25) is 14.2 Å². The minimum atomic E-state index is -0.282. The topological polar surface area (TPSA) is 76.9 Å². The van der Waals surface area contributed by atoms with Crippen LogP contribution in [0.15, 0.2) is 64.5 Å². The van der Waals surface area contributed by atoms with Gasteiger partial charge in [0.2, 0.25) is 5.91 Å². The molecule has 0 bridgehead atoms. The number of hydrogen-bond donors (Lipinski definition) is 1. The van der Waals surface area contributed by atoms with Crippen LogP contribution in [0.2, 0.25) is 0 Å². The van der Waals surface area contributed by atoms with Gasteiger partial charge < -0.3 is 5.32 Å². The number of carbonyl (C=O) groups excluding carboxylic acids is 1. The van der Waals surface area contributed by atoms with Gasteiger partial charge in [0.25, 0.3) is 5.56 Å². The molecule has 2 aromatic heterocycles. The second-order valence-electron chi connectivity index (χ2n) is 6.54. The minimum Gasteiger partial charge on any atom is -0.324 e. The number of anilines is 1. The smallest absolute Gasteiger partial charge is 0.273 e. The summed E-state index contributed by atoms with van der Waals surface area (Å²) in [5, 5.41) is 2.83. The number of aryl methyl sites for hydroxylation is 1. The molecule has 0 saturated heterocycles. The van der Waals surface area contributed by atoms with Crippen molar-refractivity contribution in [2.24, 2.45) is 0 Å². The zero-order chi connectivity index (χ0) is 20.4. The molecule has 146 valence electrons. The summed E-state index contributed by atoms with van der Waals surface area (Å²) in [5.74, 6) is -0.282. The Bertz CT molecular complexity index is 1260. The lowest BCUT2D eigenvalue weighted by Gasteiger charge is -2.08. The van der Waals surface area contributed by atoms with Crippen molar-refractivity contribution in [2.45, 2.75) is 18.4 Å². The maximum atomic E-state index is 12.8. The van der Waals surface area contributed by atoms with Crippen molar-refractivity contribution >= 4 is 45.1 Å². The Balaban J connectivity index is 1.59. The molecule has 0 aliphatic rings. The second-order valence-corrected chi connectivity index (χ2v) is 8.19. The fourth-order valence-electron chi connectivity index (χ4n) is 3.01. The molecule has 8 heteroatoms. The largest absolute Gasteiger partial charge is 0.324 e. The first-order valence-electron chi connectivity index (χ1n) is 8.91. The number of nitrogens with one attached hydrogen (secondary N) is 1. The predicted octanol–water partition coefficient (Wildman–Crippen LogP) is 4.19. The van der Waals surface area contributed by atoms with E-state index < -0.39 is 0 Å². The molecule has 1 N–H and O–H groups in total. The van der Waals surface area contributed by atoms with Crippen LogP contribution in [0.1, 0.15) is 5.56 Å². The first kappa shape index (κ1) is 19.4. The van der Waals surface area contributed by atoms with E-state index in [9.17, 15) is 9.59 Å². The highest BCUT2D eigenvalue weighted by Gasteiger charge is 2.15. The molecule has 2 heterocycles. The van der Waals surface area contributed by atoms with Crippen LogP contribution in [0.5, 0.6) is 0 Å². The summed E-state index contributed by atoms with van der Waals surface area (Å²) in [7, 11) is 0. The molecule has 29 heavy (non-hydrogen) atoms. The Kier molecular flexibility index (Phi) is 5.46. The van der Waals surface area contributed by atoms with Crippen LogP contribution in [-0.4, -0.2) is 26.1 Å². The average molecular weight is 423 g/mol. The Labute approximate surface area is 175 Å². The summed E-state index contributed by atoms with van der Waals surface area (Å²) in [6, 6.07) is 15.5. The molecule has 0 fully saturated rings. The van der Waals surface area contributed by atoms with E-state index in [4.69, 9.17) is 0 Å². The molecule has 0 aliphatic carbocycles. The molecule has 0 saturated carbocycles. The summed E-state index contributed by atoms with van der Waals surface area (Å²) in [5.41, 5.74) is 3.72. The summed E-state index contributed by atoms with van der Waals surface area (Å²) in [6.07, 6.45) is 3.39. The molecule has 4 rings (SSSR count). The zero-order valence-electron chi connectivity index (χ0n) is 15.9. The summed E-state index contributed by atoms with van der Waals surface area (Å²) >= 11 is 2.71. The van der Waals surface area contributed by atoms with Crippen molar-refractivity contribution in [3.05, 3.63) is 70.8 Å². The molecule has 0 atom stereocenters. The third-order valence-electron chi connectivity index (χ3n) is 4.41. The molecular weight excluding hydrogens is 404 g/mol. The standard InChI is InChI=1S/C21H18N4O2S2/c1-13-5-3-6-14(9-13)18-19-20(29-24-18)21(27)25(12-22-19)11-17(26)23-15-7-4-8-16(10-15)28-2/h3-10,12H,11H2,1-2H3,(H,23,26). The summed E-state index contributed by atoms with van der Waals surface area (Å²) in [4.78, 5) is 30.7. The monoisotopic (exact) mass is 422 g/mol. The highest BCUT2D eigenvalue weighted by molar-refractivity contribution is 7.98. The molecule has 0 aliphatic heterocycles. The van der Waals surface area contributed by atoms with Crippen LogP contribution in [-0.2, 0) is 11.3 Å². The van der Waals surface area contributed by atoms with Crippen molar-refractivity contribution in [1.29, 1.82) is 0 Å². The van der Waals surface area contributed by atoms with E-state index in [2.05, 4.69) is 14.7 Å². The fraction of sp³-hybridized carbons (Fsp3) is 0.143. The van der Waals surface area contributed by atoms with Crippen molar-refractivity contribution in [3.8, 4) is 11.3 Å². The van der Waals surface area contributed by atoms with Gasteiger partial charge in [-0.15, -0.1) is 11.8 Å². The van der Waals surface area contributed by atoms with Gasteiger partial charge in [-0.2, -0.15) is 4.37 Å². The van der Waals surface area contributed by atoms with Gasteiger partial charge in [-0.05, 0) is 49.0 Å². The van der Waals surface area contributed by atoms with Crippen molar-refractivity contribution < 1.29 is 4.79 Å². The van der Waals surface area contributed by atoms with Crippen molar-refractivity contribution in [3.63, 3.8) is 0 Å². The zero-order valence-corrected chi connectivity index (χ0v) is 17.5. The number of thioether (sulfide) groups is 1. The maximum Gasteiger partial charge on any atom is 0.273 e. The number of rotatable bonds is 5. The van der Waals surface area contributed by atoms with Crippen molar-refractivity contribution in [2.75, 3.05) is 11.6 Å². The van der Waals surface area contributed by atoms with Gasteiger partial charge >= 0.3 is 0 Å². The van der Waals surface area contributed by atoms with Gasteiger partial charge in [0, 0.05) is 16.1 Å². The van der Waals surface area contributed by atoms with Crippen LogP contribution in [0.25, 0.3) is 21.5 Å². The first-order valence-corrected chi connectivity index (χ1v) is 10.9. The lowest BCUT2D eigenvalue weighted by molar-refractivity contribution is -0.116. The predicted molar refractivity (Wildman–Crippen MR) is 119 cm³/mol. The molecule has 0 spiro atoms. The van der Waals surface area contributed by atoms with E-state index in [0.29, 0.717) is 21.6 Å². The summed E-state index contributed by atoms with van der Waals surface area (Å²) in [6.45, 7) is 1.90. The van der Waals surface area contributed by atoms with E-state index >= 15 is 0 Å². The Morgan fingerprint density at radius 1 is 1.21 bits per heavy atom.